The summed E-state index contributed by atoms with van der Waals surface area (Å²) in [4.78, 5) is 12.2. The van der Waals surface area contributed by atoms with Gasteiger partial charge in [-0.15, -0.1) is 0 Å². The summed E-state index contributed by atoms with van der Waals surface area (Å²) < 4.78 is 11.3. The first-order chi connectivity index (χ1) is 11.0. The zero-order valence-corrected chi connectivity index (χ0v) is 15.1. The number of nitrogens with one attached hydrogen (secondary N) is 1. The number of carbonyl (C=O) groups is 1. The Morgan fingerprint density at radius 2 is 1.78 bits per heavy atom. The van der Waals surface area contributed by atoms with Crippen LogP contribution < -0.4 is 14.8 Å². The minimum absolute atomic E-state index is 0.111. The van der Waals surface area contributed by atoms with Crippen molar-refractivity contribution in [1.82, 2.24) is 5.32 Å². The van der Waals surface area contributed by atoms with Crippen molar-refractivity contribution in [2.24, 2.45) is 0 Å². The second-order valence-electron chi connectivity index (χ2n) is 5.17. The maximum atomic E-state index is 12.2. The van der Waals surface area contributed by atoms with Gasteiger partial charge in [0.25, 0.3) is 5.91 Å². The first-order valence-corrected chi connectivity index (χ1v) is 8.09. The Morgan fingerprint density at radius 3 is 2.43 bits per heavy atom. The van der Waals surface area contributed by atoms with Crippen molar-refractivity contribution in [1.29, 1.82) is 0 Å². The molecule has 0 spiro atoms. The van der Waals surface area contributed by atoms with E-state index in [4.69, 9.17) is 9.47 Å². The molecule has 2 aromatic carbocycles. The van der Waals surface area contributed by atoms with Crippen molar-refractivity contribution in [3.05, 3.63) is 57.6 Å². The van der Waals surface area contributed by atoms with Gasteiger partial charge in [-0.2, -0.15) is 0 Å². The number of methoxy groups -OCH3 is 2. The van der Waals surface area contributed by atoms with Crippen LogP contribution in [0.5, 0.6) is 11.5 Å². The van der Waals surface area contributed by atoms with E-state index >= 15 is 0 Å². The molecular weight excluding hydrogens is 358 g/mol. The zero-order valence-electron chi connectivity index (χ0n) is 13.5. The average Bonchev–Trinajstić information content (AvgIpc) is 2.55. The SMILES string of the molecule is COc1ccc(C(=O)NCCc2cc(C)ccc2OC)cc1Br. The van der Waals surface area contributed by atoms with Crippen molar-refractivity contribution >= 4 is 21.8 Å². The molecule has 0 saturated heterocycles. The molecule has 0 fully saturated rings. The van der Waals surface area contributed by atoms with Gasteiger partial charge in [0, 0.05) is 12.1 Å². The summed E-state index contributed by atoms with van der Waals surface area (Å²) in [7, 11) is 3.25. The molecule has 0 aliphatic heterocycles. The quantitative estimate of drug-likeness (QED) is 0.833. The van der Waals surface area contributed by atoms with E-state index in [1.165, 1.54) is 5.56 Å². The standard InChI is InChI=1S/C18H20BrNO3/c1-12-4-6-16(22-2)13(10-12)8-9-20-18(21)14-5-7-17(23-3)15(19)11-14/h4-7,10-11H,8-9H2,1-3H3,(H,20,21). The molecule has 0 atom stereocenters. The lowest BCUT2D eigenvalue weighted by atomic mass is 10.1. The topological polar surface area (TPSA) is 47.6 Å². The molecule has 4 nitrogen and oxygen atoms in total. The van der Waals surface area contributed by atoms with E-state index in [2.05, 4.69) is 27.3 Å². The molecule has 0 aliphatic carbocycles. The van der Waals surface area contributed by atoms with Crippen molar-refractivity contribution in [3.63, 3.8) is 0 Å². The first kappa shape index (κ1) is 17.3. The van der Waals surface area contributed by atoms with Crippen LogP contribution in [0.2, 0.25) is 0 Å². The van der Waals surface area contributed by atoms with E-state index in [9.17, 15) is 4.79 Å². The van der Waals surface area contributed by atoms with E-state index in [0.29, 0.717) is 24.3 Å². The van der Waals surface area contributed by atoms with E-state index in [1.807, 2.05) is 19.1 Å². The molecule has 1 amide bonds. The van der Waals surface area contributed by atoms with Crippen LogP contribution in [-0.4, -0.2) is 26.7 Å². The average molecular weight is 378 g/mol. The molecule has 0 heterocycles. The van der Waals surface area contributed by atoms with Crippen LogP contribution in [0.1, 0.15) is 21.5 Å². The van der Waals surface area contributed by atoms with Crippen LogP contribution >= 0.6 is 15.9 Å². The third kappa shape index (κ3) is 4.48. The molecule has 1 N–H and O–H groups in total. The van der Waals surface area contributed by atoms with Crippen LogP contribution in [0.15, 0.2) is 40.9 Å². The molecule has 5 heteroatoms. The highest BCUT2D eigenvalue weighted by Crippen LogP contribution is 2.25. The van der Waals surface area contributed by atoms with E-state index < -0.39 is 0 Å². The third-order valence-electron chi connectivity index (χ3n) is 3.53. The van der Waals surface area contributed by atoms with Gasteiger partial charge in [0.05, 0.1) is 18.7 Å². The van der Waals surface area contributed by atoms with Crippen LogP contribution in [-0.2, 0) is 6.42 Å². The lowest BCUT2D eigenvalue weighted by molar-refractivity contribution is 0.0954. The molecular formula is C18H20BrNO3. The third-order valence-corrected chi connectivity index (χ3v) is 4.15. The molecule has 0 radical (unpaired) electrons. The summed E-state index contributed by atoms with van der Waals surface area (Å²) in [6, 6.07) is 11.3. The highest BCUT2D eigenvalue weighted by Gasteiger charge is 2.09. The number of rotatable bonds is 6. The number of hydrogen-bond acceptors (Lipinski definition) is 3. The second-order valence-corrected chi connectivity index (χ2v) is 6.02. The number of ether oxygens (including phenoxy) is 2. The number of carbonyl (C=O) groups excluding carboxylic acids is 1. The Morgan fingerprint density at radius 1 is 1.09 bits per heavy atom. The van der Waals surface area contributed by atoms with Gasteiger partial charge in [-0.25, -0.2) is 0 Å². The van der Waals surface area contributed by atoms with E-state index in [1.54, 1.807) is 32.4 Å². The Bertz CT molecular complexity index is 701. The molecule has 23 heavy (non-hydrogen) atoms. The summed E-state index contributed by atoms with van der Waals surface area (Å²) in [5, 5.41) is 2.93. The van der Waals surface area contributed by atoms with Crippen LogP contribution in [0.25, 0.3) is 0 Å². The molecule has 0 unspecified atom stereocenters. The summed E-state index contributed by atoms with van der Waals surface area (Å²) >= 11 is 3.39. The molecule has 0 aromatic heterocycles. The minimum atomic E-state index is -0.111. The lowest BCUT2D eigenvalue weighted by Crippen LogP contribution is -2.25. The minimum Gasteiger partial charge on any atom is -0.496 e. The Kier molecular flexibility index (Phi) is 6.04. The largest absolute Gasteiger partial charge is 0.496 e. The highest BCUT2D eigenvalue weighted by molar-refractivity contribution is 9.10. The predicted octanol–water partition coefficient (Wildman–Crippen LogP) is 3.75. The van der Waals surface area contributed by atoms with Gasteiger partial charge in [-0.3, -0.25) is 4.79 Å². The number of amides is 1. The maximum Gasteiger partial charge on any atom is 0.251 e. The molecule has 0 saturated carbocycles. The van der Waals surface area contributed by atoms with E-state index in [-0.39, 0.29) is 5.91 Å². The van der Waals surface area contributed by atoms with Gasteiger partial charge >= 0.3 is 0 Å². The monoisotopic (exact) mass is 377 g/mol. The van der Waals surface area contributed by atoms with Crippen LogP contribution in [0.3, 0.4) is 0 Å². The summed E-state index contributed by atoms with van der Waals surface area (Å²) in [6.45, 7) is 2.58. The Hall–Kier alpha value is -2.01. The fourth-order valence-corrected chi connectivity index (χ4v) is 2.86. The molecule has 2 aromatic rings. The predicted molar refractivity (Wildman–Crippen MR) is 94.5 cm³/mol. The first-order valence-electron chi connectivity index (χ1n) is 7.30. The fourth-order valence-electron chi connectivity index (χ4n) is 2.32. The maximum absolute atomic E-state index is 12.2. The van der Waals surface area contributed by atoms with Gasteiger partial charge in [0.15, 0.2) is 0 Å². The molecule has 0 aliphatic rings. The highest BCUT2D eigenvalue weighted by atomic mass is 79.9. The van der Waals surface area contributed by atoms with Crippen molar-refractivity contribution in [2.45, 2.75) is 13.3 Å². The van der Waals surface area contributed by atoms with Crippen molar-refractivity contribution in [2.75, 3.05) is 20.8 Å². The number of halogens is 1. The van der Waals surface area contributed by atoms with Gasteiger partial charge in [0.2, 0.25) is 0 Å². The summed E-state index contributed by atoms with van der Waals surface area (Å²) in [5.41, 5.74) is 2.85. The van der Waals surface area contributed by atoms with Gasteiger partial charge in [-0.1, -0.05) is 17.7 Å². The smallest absolute Gasteiger partial charge is 0.251 e. The van der Waals surface area contributed by atoms with Crippen molar-refractivity contribution in [3.8, 4) is 11.5 Å². The Balaban J connectivity index is 1.97. The Labute approximate surface area is 144 Å². The number of aryl methyl sites for hydroxylation is 1. The van der Waals surface area contributed by atoms with Crippen molar-refractivity contribution < 1.29 is 14.3 Å². The van der Waals surface area contributed by atoms with Gasteiger partial charge in [-0.05, 0) is 59.1 Å². The summed E-state index contributed by atoms with van der Waals surface area (Å²) in [5.74, 6) is 1.43. The molecule has 2 rings (SSSR count). The molecule has 0 bridgehead atoms. The van der Waals surface area contributed by atoms with E-state index in [0.717, 1.165) is 15.8 Å². The van der Waals surface area contributed by atoms with Gasteiger partial charge in [0.1, 0.15) is 11.5 Å². The zero-order chi connectivity index (χ0) is 16.8. The van der Waals surface area contributed by atoms with Gasteiger partial charge < -0.3 is 14.8 Å². The normalized spacial score (nSPS) is 10.3. The molecule has 122 valence electrons. The summed E-state index contributed by atoms with van der Waals surface area (Å²) in [6.07, 6.45) is 0.716. The number of benzene rings is 2. The number of hydrogen-bond donors (Lipinski definition) is 1. The second kappa shape index (κ2) is 8.02. The van der Waals surface area contributed by atoms with Crippen LogP contribution in [0, 0.1) is 6.92 Å². The lowest BCUT2D eigenvalue weighted by Gasteiger charge is -2.11. The fraction of sp³-hybridized carbons (Fsp3) is 0.278. The van der Waals surface area contributed by atoms with Crippen LogP contribution in [0.4, 0.5) is 0 Å².